The highest BCUT2D eigenvalue weighted by Crippen LogP contribution is 1.55. The zero-order valence-corrected chi connectivity index (χ0v) is 2.64. The molecule has 28 valence electrons. The average Bonchev–Trinajstić information content (AvgIpc) is 1.59. The Bertz CT molecular complexity index is 102. The molecule has 1 heteroatoms. The van der Waals surface area contributed by atoms with E-state index in [1.165, 1.54) is 0 Å². The van der Waals surface area contributed by atoms with Crippen molar-refractivity contribution in [3.05, 3.63) is 12.2 Å². The van der Waals surface area contributed by atoms with E-state index < -0.39 is 6.85 Å². The first kappa shape index (κ1) is 1.25. The van der Waals surface area contributed by atoms with Crippen molar-refractivity contribution >= 4 is 6.29 Å². The maximum Gasteiger partial charge on any atom is 0.142 e. The number of rotatable bonds is 1. The monoisotopic (exact) mass is 73.1 g/mol. The van der Waals surface area contributed by atoms with E-state index in [0.717, 1.165) is 12.2 Å². The second-order valence-corrected chi connectivity index (χ2v) is 0.495. The van der Waals surface area contributed by atoms with Gasteiger partial charge in [-0.05, 0) is 12.9 Å². The van der Waals surface area contributed by atoms with Crippen LogP contribution in [0, 0.1) is 0 Å². The van der Waals surface area contributed by atoms with Crippen molar-refractivity contribution in [3.8, 4) is 0 Å². The molecular weight excluding hydrogens is 64.0 g/mol. The van der Waals surface area contributed by atoms with Crippen LogP contribution in [0.5, 0.6) is 0 Å². The van der Waals surface area contributed by atoms with Gasteiger partial charge in [-0.1, -0.05) is 6.08 Å². The molecule has 0 aliphatic heterocycles. The maximum absolute atomic E-state index is 9.51. The normalized spacial score (nSPS) is 20.4. The lowest BCUT2D eigenvalue weighted by molar-refractivity contribution is -0.104. The van der Waals surface area contributed by atoms with Gasteiger partial charge in [0.2, 0.25) is 0 Å². The molecule has 0 aromatic heterocycles. The van der Waals surface area contributed by atoms with Crippen molar-refractivity contribution in [2.45, 2.75) is 6.85 Å². The topological polar surface area (TPSA) is 17.1 Å². The van der Waals surface area contributed by atoms with Crippen molar-refractivity contribution < 1.29 is 8.91 Å². The molecule has 0 heterocycles. The Morgan fingerprint density at radius 1 is 2.00 bits per heavy atom. The molecule has 0 bridgehead atoms. The van der Waals surface area contributed by atoms with Gasteiger partial charge < -0.3 is 0 Å². The van der Waals surface area contributed by atoms with E-state index in [-0.39, 0.29) is 0 Å². The van der Waals surface area contributed by atoms with Gasteiger partial charge in [0.1, 0.15) is 6.29 Å². The fourth-order valence-electron chi connectivity index (χ4n) is 0.0393. The smallest absolute Gasteiger partial charge is 0.142 e. The Balaban J connectivity index is 3.69. The molecule has 1 nitrogen and oxygen atoms in total. The lowest BCUT2D eigenvalue weighted by Crippen LogP contribution is -1.50. The van der Waals surface area contributed by atoms with Crippen LogP contribution in [0.3, 0.4) is 0 Å². The zero-order valence-electron chi connectivity index (χ0n) is 5.64. The first-order valence-corrected chi connectivity index (χ1v) is 1.19. The summed E-state index contributed by atoms with van der Waals surface area (Å²) >= 11 is 0. The number of allylic oxidation sites excluding steroid dienone is 2. The van der Waals surface area contributed by atoms with Crippen LogP contribution in [-0.2, 0) is 4.79 Å². The largest absolute Gasteiger partial charge is 0.299 e. The summed E-state index contributed by atoms with van der Waals surface area (Å²) in [4.78, 5) is 9.51. The van der Waals surface area contributed by atoms with Crippen LogP contribution < -0.4 is 0 Å². The number of aldehydes is 1. The third kappa shape index (κ3) is 3.41. The highest BCUT2D eigenvalue weighted by molar-refractivity contribution is 5.64. The highest BCUT2D eigenvalue weighted by atomic mass is 16.1. The van der Waals surface area contributed by atoms with Gasteiger partial charge in [-0.15, -0.1) is 0 Å². The minimum Gasteiger partial charge on any atom is -0.299 e. The molecule has 0 saturated carbocycles. The standard InChI is InChI=1S/C4H6O/c1-2-3-4-5/h2-4H,1H3/b3-2+/i1D3. The van der Waals surface area contributed by atoms with Crippen molar-refractivity contribution in [1.29, 1.82) is 0 Å². The van der Waals surface area contributed by atoms with E-state index >= 15 is 0 Å². The molecule has 0 rings (SSSR count). The molecule has 0 amide bonds. The Morgan fingerprint density at radius 3 is 3.00 bits per heavy atom. The van der Waals surface area contributed by atoms with Gasteiger partial charge in [0.05, 0.1) is 0 Å². The molecule has 0 aromatic rings. The van der Waals surface area contributed by atoms with Crippen molar-refractivity contribution in [1.82, 2.24) is 0 Å². The quantitative estimate of drug-likeness (QED) is 0.331. The fraction of sp³-hybridized carbons (Fsp3) is 0.250. The SMILES string of the molecule is [2H]C([2H])([2H])/C=C/C=O. The summed E-state index contributed by atoms with van der Waals surface area (Å²) < 4.78 is 19.6. The van der Waals surface area contributed by atoms with Gasteiger partial charge in [0.25, 0.3) is 0 Å². The third-order valence-corrected chi connectivity index (χ3v) is 0.175. The van der Waals surface area contributed by atoms with Gasteiger partial charge in [-0.3, -0.25) is 4.79 Å². The van der Waals surface area contributed by atoms with E-state index in [9.17, 15) is 4.79 Å². The third-order valence-electron chi connectivity index (χ3n) is 0.175. The predicted molar refractivity (Wildman–Crippen MR) is 20.9 cm³/mol. The Labute approximate surface area is 35.5 Å². The minimum absolute atomic E-state index is 0.437. The van der Waals surface area contributed by atoms with E-state index in [2.05, 4.69) is 0 Å². The van der Waals surface area contributed by atoms with Gasteiger partial charge in [0, 0.05) is 4.11 Å². The van der Waals surface area contributed by atoms with Crippen LogP contribution in [0.15, 0.2) is 12.2 Å². The van der Waals surface area contributed by atoms with E-state index in [1.807, 2.05) is 0 Å². The molecule has 5 heavy (non-hydrogen) atoms. The molecule has 0 fully saturated rings. The number of carbonyl (C=O) groups is 1. The zero-order chi connectivity index (χ0) is 6.62. The minimum atomic E-state index is -2.11. The van der Waals surface area contributed by atoms with Crippen LogP contribution >= 0.6 is 0 Å². The molecule has 0 aliphatic carbocycles. The van der Waals surface area contributed by atoms with Gasteiger partial charge >= 0.3 is 0 Å². The number of hydrogen-bond donors (Lipinski definition) is 0. The van der Waals surface area contributed by atoms with Crippen LogP contribution in [0.4, 0.5) is 0 Å². The summed E-state index contributed by atoms with van der Waals surface area (Å²) in [6.07, 6.45) is 2.28. The molecule has 0 aliphatic rings. The van der Waals surface area contributed by atoms with E-state index in [4.69, 9.17) is 4.11 Å². The fourth-order valence-corrected chi connectivity index (χ4v) is 0.0393. The van der Waals surface area contributed by atoms with E-state index in [1.54, 1.807) is 0 Å². The molecule has 0 unspecified atom stereocenters. The van der Waals surface area contributed by atoms with Gasteiger partial charge in [-0.25, -0.2) is 0 Å². The second kappa shape index (κ2) is 3.41. The summed E-state index contributed by atoms with van der Waals surface area (Å²) in [7, 11) is 0. The number of hydrogen-bond acceptors (Lipinski definition) is 1. The first-order chi connectivity index (χ1) is 3.56. The average molecular weight is 73.1 g/mol. The van der Waals surface area contributed by atoms with Crippen LogP contribution in [-0.4, -0.2) is 6.29 Å². The van der Waals surface area contributed by atoms with E-state index in [0.29, 0.717) is 6.29 Å². The molecule has 0 N–H and O–H groups in total. The lowest BCUT2D eigenvalue weighted by atomic mass is 10.6. The molecule has 0 aromatic carbocycles. The Kier molecular flexibility index (Phi) is 0.851. The molecule has 0 atom stereocenters. The number of carbonyl (C=O) groups excluding carboxylic acids is 1. The van der Waals surface area contributed by atoms with Crippen LogP contribution in [0.25, 0.3) is 0 Å². The second-order valence-electron chi connectivity index (χ2n) is 0.495. The summed E-state index contributed by atoms with van der Waals surface area (Å²) in [5.74, 6) is 0. The van der Waals surface area contributed by atoms with Crippen molar-refractivity contribution in [3.63, 3.8) is 0 Å². The van der Waals surface area contributed by atoms with Crippen LogP contribution in [0.2, 0.25) is 0 Å². The molecule has 0 spiro atoms. The molecular formula is C4H6O. The first-order valence-electron chi connectivity index (χ1n) is 2.69. The molecule has 0 radical (unpaired) electrons. The van der Waals surface area contributed by atoms with Crippen molar-refractivity contribution in [2.75, 3.05) is 0 Å². The van der Waals surface area contributed by atoms with Crippen LogP contribution in [0.1, 0.15) is 11.0 Å². The Morgan fingerprint density at radius 2 is 2.80 bits per heavy atom. The van der Waals surface area contributed by atoms with Gasteiger partial charge in [-0.2, -0.15) is 0 Å². The molecule has 0 saturated heterocycles. The summed E-state index contributed by atoms with van der Waals surface area (Å²) in [6.45, 7) is -2.11. The predicted octanol–water partition coefficient (Wildman–Crippen LogP) is 0.761. The Hall–Kier alpha value is -0.590. The summed E-state index contributed by atoms with van der Waals surface area (Å²) in [5, 5.41) is 0. The van der Waals surface area contributed by atoms with Gasteiger partial charge in [0.15, 0.2) is 0 Å². The lowest BCUT2D eigenvalue weighted by Gasteiger charge is -1.51. The maximum atomic E-state index is 9.51. The highest BCUT2D eigenvalue weighted by Gasteiger charge is 1.48. The summed E-state index contributed by atoms with van der Waals surface area (Å²) in [5.41, 5.74) is 0. The van der Waals surface area contributed by atoms with Crippen molar-refractivity contribution in [2.24, 2.45) is 0 Å². The summed E-state index contributed by atoms with van der Waals surface area (Å²) in [6, 6.07) is 0.